The van der Waals surface area contributed by atoms with Crippen LogP contribution in [-0.4, -0.2) is 11.0 Å². The smallest absolute Gasteiger partial charge is 0.257 e. The van der Waals surface area contributed by atoms with Crippen molar-refractivity contribution in [1.82, 2.24) is 10.6 Å². The molecule has 0 aromatic heterocycles. The van der Waals surface area contributed by atoms with Gasteiger partial charge in [-0.05, 0) is 54.7 Å². The lowest BCUT2D eigenvalue weighted by Crippen LogP contribution is -2.54. The lowest BCUT2D eigenvalue weighted by Gasteiger charge is -2.41. The minimum absolute atomic E-state index is 0.0111. The Labute approximate surface area is 132 Å². The zero-order valence-corrected chi connectivity index (χ0v) is 14.0. The van der Waals surface area contributed by atoms with Crippen molar-refractivity contribution in [3.05, 3.63) is 33.8 Å². The molecule has 1 aromatic rings. The van der Waals surface area contributed by atoms with Crippen LogP contribution in [0, 0.1) is 5.41 Å². The Balaban J connectivity index is 2.29. The van der Waals surface area contributed by atoms with Gasteiger partial charge in [0.05, 0.1) is 0 Å². The Hall–Kier alpha value is -0.940. The average molecular weight is 353 g/mol. The van der Waals surface area contributed by atoms with Gasteiger partial charge in [0.25, 0.3) is 5.91 Å². The first-order chi connectivity index (χ1) is 9.49. The van der Waals surface area contributed by atoms with Crippen LogP contribution >= 0.6 is 28.1 Å². The van der Waals surface area contributed by atoms with E-state index in [1.54, 1.807) is 0 Å². The molecule has 1 heterocycles. The van der Waals surface area contributed by atoms with Crippen LogP contribution in [0.25, 0.3) is 0 Å². The molecule has 3 nitrogen and oxygen atoms in total. The zero-order chi connectivity index (χ0) is 14.5. The maximum Gasteiger partial charge on any atom is 0.257 e. The SMILES string of the molecule is CCC1(CC)Cc2ccc(Br)cc2C12NC(=S)NC2=O. The fourth-order valence-corrected chi connectivity index (χ4v) is 4.49. The van der Waals surface area contributed by atoms with E-state index in [-0.39, 0.29) is 11.3 Å². The second kappa shape index (κ2) is 4.53. The highest BCUT2D eigenvalue weighted by molar-refractivity contribution is 9.10. The first kappa shape index (κ1) is 14.0. The molecule has 0 radical (unpaired) electrons. The standard InChI is InChI=1S/C15H17BrN2OS/c1-3-14(4-2)8-9-5-6-10(16)7-11(9)15(14)12(19)17-13(20)18-15/h5-7H,3-4,8H2,1-2H3,(H2,17,18,19,20). The third-order valence-corrected chi connectivity index (χ3v) is 5.72. The molecule has 1 aliphatic carbocycles. The summed E-state index contributed by atoms with van der Waals surface area (Å²) in [5, 5.41) is 6.54. The number of hydrogen-bond donors (Lipinski definition) is 2. The maximum atomic E-state index is 12.7. The molecule has 1 atom stereocenters. The van der Waals surface area contributed by atoms with Crippen molar-refractivity contribution in [3.63, 3.8) is 0 Å². The van der Waals surface area contributed by atoms with Crippen molar-refractivity contribution >= 4 is 39.2 Å². The Bertz CT molecular complexity index is 612. The monoisotopic (exact) mass is 352 g/mol. The van der Waals surface area contributed by atoms with Gasteiger partial charge >= 0.3 is 0 Å². The molecule has 5 heteroatoms. The fraction of sp³-hybridized carbons (Fsp3) is 0.467. The predicted octanol–water partition coefficient (Wildman–Crippen LogP) is 3.01. The number of benzene rings is 1. The number of nitrogens with one attached hydrogen (secondary N) is 2. The van der Waals surface area contributed by atoms with Crippen molar-refractivity contribution in [2.45, 2.75) is 38.6 Å². The molecule has 106 valence electrons. The quantitative estimate of drug-likeness (QED) is 0.803. The van der Waals surface area contributed by atoms with Crippen LogP contribution in [0.4, 0.5) is 0 Å². The number of hydrogen-bond acceptors (Lipinski definition) is 2. The summed E-state index contributed by atoms with van der Waals surface area (Å²) in [6, 6.07) is 6.21. The minimum Gasteiger partial charge on any atom is -0.344 e. The summed E-state index contributed by atoms with van der Waals surface area (Å²) in [4.78, 5) is 12.7. The summed E-state index contributed by atoms with van der Waals surface area (Å²) in [7, 11) is 0. The molecule has 1 aromatic carbocycles. The highest BCUT2D eigenvalue weighted by Crippen LogP contribution is 2.55. The molecule has 3 rings (SSSR count). The maximum absolute atomic E-state index is 12.7. The summed E-state index contributed by atoms with van der Waals surface area (Å²) in [6.45, 7) is 4.31. The zero-order valence-electron chi connectivity index (χ0n) is 11.5. The number of rotatable bonds is 2. The Morgan fingerprint density at radius 2 is 2.05 bits per heavy atom. The summed E-state index contributed by atoms with van der Waals surface area (Å²) >= 11 is 8.73. The molecule has 20 heavy (non-hydrogen) atoms. The average Bonchev–Trinajstić information content (AvgIpc) is 2.87. The third kappa shape index (κ3) is 1.56. The van der Waals surface area contributed by atoms with Gasteiger partial charge in [-0.15, -0.1) is 0 Å². The van der Waals surface area contributed by atoms with Gasteiger partial charge in [-0.2, -0.15) is 0 Å². The lowest BCUT2D eigenvalue weighted by molar-refractivity contribution is -0.129. The number of thiocarbonyl (C=S) groups is 1. The van der Waals surface area contributed by atoms with Gasteiger partial charge in [-0.3, -0.25) is 4.79 Å². The van der Waals surface area contributed by atoms with E-state index in [4.69, 9.17) is 12.2 Å². The van der Waals surface area contributed by atoms with E-state index in [1.807, 2.05) is 6.07 Å². The molecule has 0 bridgehead atoms. The molecule has 1 amide bonds. The lowest BCUT2D eigenvalue weighted by atomic mass is 9.66. The van der Waals surface area contributed by atoms with Gasteiger partial charge in [0.1, 0.15) is 0 Å². The Morgan fingerprint density at radius 1 is 1.35 bits per heavy atom. The third-order valence-electron chi connectivity index (χ3n) is 5.02. The van der Waals surface area contributed by atoms with Crippen molar-refractivity contribution in [3.8, 4) is 0 Å². The first-order valence-electron chi connectivity index (χ1n) is 6.91. The van der Waals surface area contributed by atoms with Gasteiger partial charge in [-0.1, -0.05) is 35.8 Å². The predicted molar refractivity (Wildman–Crippen MR) is 86.4 cm³/mol. The summed E-state index contributed by atoms with van der Waals surface area (Å²) in [5.41, 5.74) is 1.46. The topological polar surface area (TPSA) is 41.1 Å². The van der Waals surface area contributed by atoms with E-state index in [0.29, 0.717) is 5.11 Å². The molecule has 0 saturated carbocycles. The summed E-state index contributed by atoms with van der Waals surface area (Å²) in [6.07, 6.45) is 2.77. The molecule has 1 saturated heterocycles. The molecule has 2 aliphatic rings. The minimum atomic E-state index is -0.716. The molecule has 1 spiro atoms. The van der Waals surface area contributed by atoms with E-state index in [0.717, 1.165) is 29.3 Å². The number of halogens is 1. The molecule has 2 N–H and O–H groups in total. The molecule has 1 aliphatic heterocycles. The van der Waals surface area contributed by atoms with Crippen molar-refractivity contribution in [2.24, 2.45) is 5.41 Å². The summed E-state index contributed by atoms with van der Waals surface area (Å²) in [5.74, 6) is -0.0111. The summed E-state index contributed by atoms with van der Waals surface area (Å²) < 4.78 is 0.992. The van der Waals surface area contributed by atoms with Gasteiger partial charge in [0.15, 0.2) is 10.7 Å². The van der Waals surface area contributed by atoms with E-state index in [2.05, 4.69) is 52.5 Å². The van der Waals surface area contributed by atoms with Crippen molar-refractivity contribution < 1.29 is 4.79 Å². The van der Waals surface area contributed by atoms with Crippen LogP contribution < -0.4 is 10.6 Å². The highest BCUT2D eigenvalue weighted by Gasteiger charge is 2.63. The van der Waals surface area contributed by atoms with E-state index < -0.39 is 5.54 Å². The molecule has 1 fully saturated rings. The highest BCUT2D eigenvalue weighted by atomic mass is 79.9. The normalized spacial score (nSPS) is 26.6. The molecule has 1 unspecified atom stereocenters. The second-order valence-corrected chi connectivity index (χ2v) is 6.95. The van der Waals surface area contributed by atoms with Gasteiger partial charge < -0.3 is 10.6 Å². The number of carbonyl (C=O) groups excluding carboxylic acids is 1. The molecular formula is C15H17BrN2OS. The Kier molecular flexibility index (Phi) is 3.18. The van der Waals surface area contributed by atoms with Crippen LogP contribution in [0.5, 0.6) is 0 Å². The van der Waals surface area contributed by atoms with Crippen molar-refractivity contribution in [2.75, 3.05) is 0 Å². The van der Waals surface area contributed by atoms with Crippen LogP contribution in [0.3, 0.4) is 0 Å². The first-order valence-corrected chi connectivity index (χ1v) is 8.11. The fourth-order valence-electron chi connectivity index (χ4n) is 3.88. The van der Waals surface area contributed by atoms with E-state index >= 15 is 0 Å². The second-order valence-electron chi connectivity index (χ2n) is 5.62. The van der Waals surface area contributed by atoms with E-state index in [1.165, 1.54) is 5.56 Å². The van der Waals surface area contributed by atoms with Crippen LogP contribution in [0.15, 0.2) is 22.7 Å². The number of amides is 1. The van der Waals surface area contributed by atoms with Crippen LogP contribution in [0.2, 0.25) is 0 Å². The van der Waals surface area contributed by atoms with Gasteiger partial charge in [0, 0.05) is 9.89 Å². The molecular weight excluding hydrogens is 336 g/mol. The van der Waals surface area contributed by atoms with Gasteiger partial charge in [0.2, 0.25) is 0 Å². The van der Waals surface area contributed by atoms with Crippen LogP contribution in [-0.2, 0) is 16.8 Å². The van der Waals surface area contributed by atoms with Gasteiger partial charge in [-0.25, -0.2) is 0 Å². The Morgan fingerprint density at radius 3 is 2.60 bits per heavy atom. The van der Waals surface area contributed by atoms with Crippen LogP contribution in [0.1, 0.15) is 37.8 Å². The van der Waals surface area contributed by atoms with Crippen molar-refractivity contribution in [1.29, 1.82) is 0 Å². The number of carbonyl (C=O) groups is 1. The largest absolute Gasteiger partial charge is 0.344 e. The van der Waals surface area contributed by atoms with E-state index in [9.17, 15) is 4.79 Å². The number of fused-ring (bicyclic) bond motifs is 2.